The monoisotopic (exact) mass is 261 g/mol. The van der Waals surface area contributed by atoms with Gasteiger partial charge in [0.25, 0.3) is 0 Å². The van der Waals surface area contributed by atoms with Gasteiger partial charge in [-0.05, 0) is 26.8 Å². The highest BCUT2D eigenvalue weighted by atomic mass is 35.5. The van der Waals surface area contributed by atoms with E-state index in [1.54, 1.807) is 0 Å². The van der Waals surface area contributed by atoms with Crippen molar-refractivity contribution in [3.05, 3.63) is 10.7 Å². The number of nitrogens with one attached hydrogen (secondary N) is 2. The SMILES string of the molecule is Cc1nc(C)c(NC(=O)[C@@H]2CCNC2)s1.Cl. The molecule has 0 aromatic carbocycles. The Kier molecular flexibility index (Phi) is 4.70. The number of aromatic nitrogens is 1. The van der Waals surface area contributed by atoms with Crippen LogP contribution in [0.1, 0.15) is 17.1 Å². The lowest BCUT2D eigenvalue weighted by Crippen LogP contribution is -2.24. The Morgan fingerprint density at radius 3 is 2.81 bits per heavy atom. The largest absolute Gasteiger partial charge is 0.316 e. The first-order valence-electron chi connectivity index (χ1n) is 5.12. The molecule has 2 N–H and O–H groups in total. The first kappa shape index (κ1) is 13.4. The number of hydrogen-bond acceptors (Lipinski definition) is 4. The second-order valence-electron chi connectivity index (χ2n) is 3.83. The predicted molar refractivity (Wildman–Crippen MR) is 68.4 cm³/mol. The summed E-state index contributed by atoms with van der Waals surface area (Å²) in [6.45, 7) is 5.61. The molecule has 1 aromatic rings. The van der Waals surface area contributed by atoms with Crippen LogP contribution in [-0.4, -0.2) is 24.0 Å². The van der Waals surface area contributed by atoms with Crippen molar-refractivity contribution in [3.8, 4) is 0 Å². The fraction of sp³-hybridized carbons (Fsp3) is 0.600. The van der Waals surface area contributed by atoms with Crippen molar-refractivity contribution in [1.82, 2.24) is 10.3 Å². The minimum atomic E-state index is 0. The van der Waals surface area contributed by atoms with Gasteiger partial charge in [-0.2, -0.15) is 0 Å². The van der Waals surface area contributed by atoms with Crippen molar-refractivity contribution >= 4 is 34.7 Å². The van der Waals surface area contributed by atoms with E-state index in [9.17, 15) is 4.79 Å². The van der Waals surface area contributed by atoms with Crippen molar-refractivity contribution in [2.24, 2.45) is 5.92 Å². The third-order valence-corrected chi connectivity index (χ3v) is 3.56. The van der Waals surface area contributed by atoms with Crippen LogP contribution in [0.15, 0.2) is 0 Å². The molecule has 1 atom stereocenters. The highest BCUT2D eigenvalue weighted by Crippen LogP contribution is 2.24. The van der Waals surface area contributed by atoms with Gasteiger partial charge in [-0.3, -0.25) is 4.79 Å². The minimum Gasteiger partial charge on any atom is -0.316 e. The Labute approximate surface area is 105 Å². The van der Waals surface area contributed by atoms with Crippen molar-refractivity contribution in [2.45, 2.75) is 20.3 Å². The van der Waals surface area contributed by atoms with E-state index >= 15 is 0 Å². The molecule has 2 heterocycles. The summed E-state index contributed by atoms with van der Waals surface area (Å²) in [5, 5.41) is 8.02. The second kappa shape index (κ2) is 5.61. The Morgan fingerprint density at radius 1 is 1.56 bits per heavy atom. The van der Waals surface area contributed by atoms with Crippen LogP contribution in [-0.2, 0) is 4.79 Å². The van der Waals surface area contributed by atoms with Gasteiger partial charge < -0.3 is 10.6 Å². The molecule has 0 radical (unpaired) electrons. The maximum absolute atomic E-state index is 11.8. The molecule has 1 fully saturated rings. The summed E-state index contributed by atoms with van der Waals surface area (Å²) in [5.74, 6) is 0.235. The number of hydrogen-bond donors (Lipinski definition) is 2. The van der Waals surface area contributed by atoms with E-state index in [-0.39, 0.29) is 24.2 Å². The lowest BCUT2D eigenvalue weighted by molar-refractivity contribution is -0.119. The number of nitrogens with zero attached hydrogens (tertiary/aromatic N) is 1. The number of aryl methyl sites for hydroxylation is 2. The summed E-state index contributed by atoms with van der Waals surface area (Å²) >= 11 is 1.54. The number of rotatable bonds is 2. The molecule has 1 aliphatic rings. The summed E-state index contributed by atoms with van der Waals surface area (Å²) in [4.78, 5) is 16.1. The number of amides is 1. The third kappa shape index (κ3) is 2.93. The van der Waals surface area contributed by atoms with Gasteiger partial charge in [0, 0.05) is 6.54 Å². The predicted octanol–water partition coefficient (Wildman–Crippen LogP) is 1.73. The van der Waals surface area contributed by atoms with Crippen molar-refractivity contribution in [3.63, 3.8) is 0 Å². The summed E-state index contributed by atoms with van der Waals surface area (Å²) in [5.41, 5.74) is 0.914. The van der Waals surface area contributed by atoms with Crippen LogP contribution >= 0.6 is 23.7 Å². The number of halogens is 1. The average Bonchev–Trinajstić information content (AvgIpc) is 2.76. The number of anilines is 1. The summed E-state index contributed by atoms with van der Waals surface area (Å²) in [6.07, 6.45) is 0.933. The lowest BCUT2D eigenvalue weighted by atomic mass is 10.1. The normalized spacial score (nSPS) is 19.2. The molecule has 1 amide bonds. The van der Waals surface area contributed by atoms with Gasteiger partial charge in [0.15, 0.2) is 0 Å². The van der Waals surface area contributed by atoms with E-state index in [1.807, 2.05) is 13.8 Å². The zero-order valence-corrected chi connectivity index (χ0v) is 11.0. The van der Waals surface area contributed by atoms with Gasteiger partial charge >= 0.3 is 0 Å². The van der Waals surface area contributed by atoms with Gasteiger partial charge in [0.1, 0.15) is 5.00 Å². The molecule has 4 nitrogen and oxygen atoms in total. The Hall–Kier alpha value is -0.650. The van der Waals surface area contributed by atoms with Gasteiger partial charge in [0.05, 0.1) is 16.6 Å². The smallest absolute Gasteiger partial charge is 0.229 e. The van der Waals surface area contributed by atoms with E-state index in [0.717, 1.165) is 35.2 Å². The first-order chi connectivity index (χ1) is 7.16. The molecule has 1 aromatic heterocycles. The highest BCUT2D eigenvalue weighted by molar-refractivity contribution is 7.16. The van der Waals surface area contributed by atoms with Crippen molar-refractivity contribution in [2.75, 3.05) is 18.4 Å². The Bertz CT molecular complexity index is 374. The van der Waals surface area contributed by atoms with Gasteiger partial charge in [0.2, 0.25) is 5.91 Å². The molecule has 6 heteroatoms. The van der Waals surface area contributed by atoms with Crippen LogP contribution < -0.4 is 10.6 Å². The average molecular weight is 262 g/mol. The van der Waals surface area contributed by atoms with E-state index < -0.39 is 0 Å². The van der Waals surface area contributed by atoms with Crippen LogP contribution in [0.2, 0.25) is 0 Å². The molecular weight excluding hydrogens is 246 g/mol. The zero-order valence-electron chi connectivity index (χ0n) is 9.37. The van der Waals surface area contributed by atoms with E-state index in [2.05, 4.69) is 15.6 Å². The van der Waals surface area contributed by atoms with Crippen LogP contribution in [0.3, 0.4) is 0 Å². The molecule has 0 bridgehead atoms. The quantitative estimate of drug-likeness (QED) is 0.853. The number of thiazole rings is 1. The lowest BCUT2D eigenvalue weighted by Gasteiger charge is -2.08. The summed E-state index contributed by atoms with van der Waals surface area (Å²) in [6, 6.07) is 0. The molecule has 2 rings (SSSR count). The third-order valence-electron chi connectivity index (χ3n) is 2.57. The molecule has 0 spiro atoms. The van der Waals surface area contributed by atoms with Crippen LogP contribution in [0.4, 0.5) is 5.00 Å². The molecule has 1 aliphatic heterocycles. The fourth-order valence-electron chi connectivity index (χ4n) is 1.74. The van der Waals surface area contributed by atoms with E-state index in [1.165, 1.54) is 11.3 Å². The van der Waals surface area contributed by atoms with Crippen LogP contribution in [0.5, 0.6) is 0 Å². The molecule has 0 unspecified atom stereocenters. The molecule has 16 heavy (non-hydrogen) atoms. The van der Waals surface area contributed by atoms with Gasteiger partial charge in [-0.15, -0.1) is 23.7 Å². The van der Waals surface area contributed by atoms with Crippen LogP contribution in [0, 0.1) is 19.8 Å². The maximum Gasteiger partial charge on any atom is 0.229 e. The molecule has 90 valence electrons. The molecule has 0 aliphatic carbocycles. The minimum absolute atomic E-state index is 0. The maximum atomic E-state index is 11.8. The number of carbonyl (C=O) groups excluding carboxylic acids is 1. The topological polar surface area (TPSA) is 54.0 Å². The zero-order chi connectivity index (χ0) is 10.8. The molecule has 0 saturated carbocycles. The first-order valence-corrected chi connectivity index (χ1v) is 5.94. The van der Waals surface area contributed by atoms with Gasteiger partial charge in [-0.25, -0.2) is 4.98 Å². The summed E-state index contributed by atoms with van der Waals surface area (Å²) in [7, 11) is 0. The van der Waals surface area contributed by atoms with Crippen molar-refractivity contribution in [1.29, 1.82) is 0 Å². The number of carbonyl (C=O) groups is 1. The molecule has 1 saturated heterocycles. The summed E-state index contributed by atoms with van der Waals surface area (Å²) < 4.78 is 0. The molecular formula is C10H16ClN3OS. The highest BCUT2D eigenvalue weighted by Gasteiger charge is 2.23. The fourth-order valence-corrected chi connectivity index (χ4v) is 2.56. The Morgan fingerprint density at radius 2 is 2.31 bits per heavy atom. The van der Waals surface area contributed by atoms with Gasteiger partial charge in [-0.1, -0.05) is 0 Å². The standard InChI is InChI=1S/C10H15N3OS.ClH/c1-6-10(15-7(2)12-6)13-9(14)8-3-4-11-5-8;/h8,11H,3-5H2,1-2H3,(H,13,14);1H/t8-;/m1./s1. The van der Waals surface area contributed by atoms with E-state index in [4.69, 9.17) is 0 Å². The second-order valence-corrected chi connectivity index (χ2v) is 5.03. The Balaban J connectivity index is 0.00000128. The van der Waals surface area contributed by atoms with Crippen molar-refractivity contribution < 1.29 is 4.79 Å². The van der Waals surface area contributed by atoms with E-state index in [0.29, 0.717) is 0 Å². The van der Waals surface area contributed by atoms with Crippen LogP contribution in [0.25, 0.3) is 0 Å².